The lowest BCUT2D eigenvalue weighted by Gasteiger charge is -2.36. The molecule has 0 saturated carbocycles. The van der Waals surface area contributed by atoms with Crippen molar-refractivity contribution in [2.24, 2.45) is 0 Å². The number of carbonyl (C=O) groups is 2. The number of hydrogen-bond donors (Lipinski definition) is 1. The molecule has 2 aliphatic rings. The van der Waals surface area contributed by atoms with E-state index in [4.69, 9.17) is 27.6 Å². The zero-order chi connectivity index (χ0) is 32.5. The molecule has 0 aliphatic carbocycles. The molecule has 4 heterocycles. The van der Waals surface area contributed by atoms with E-state index in [0.29, 0.717) is 47.6 Å². The molecule has 11 heteroatoms. The average Bonchev–Trinajstić information content (AvgIpc) is 3.47. The van der Waals surface area contributed by atoms with Crippen LogP contribution in [0.4, 0.5) is 0 Å². The number of aromatic nitrogens is 2. The van der Waals surface area contributed by atoms with Gasteiger partial charge in [0, 0.05) is 38.6 Å². The van der Waals surface area contributed by atoms with E-state index in [1.165, 1.54) is 6.07 Å². The second kappa shape index (κ2) is 12.8. The largest absolute Gasteiger partial charge is 0.543 e. The van der Waals surface area contributed by atoms with Gasteiger partial charge in [-0.2, -0.15) is 0 Å². The molecule has 0 fully saturated rings. The Morgan fingerprint density at radius 3 is 1.73 bits per heavy atom. The van der Waals surface area contributed by atoms with Gasteiger partial charge in [-0.1, -0.05) is 80.4 Å². The molecule has 0 saturated heterocycles. The standard InChI is InChI=1S/C20H25ClN2O2Si.C14H11ClN2O2/c1-20(2,3)26(4,5)25-16-8-6-7-15-13-23(19(24)18(15)16)12-14-9-10-17(21)22-11-14;15-12-5-4-9(6-16-12)7-17-8-10-2-1-3-11(18)13(10)14(17)19/h6-11H,12-13H2,1-5H3;1-6,18H,7-8H2. The summed E-state index contributed by atoms with van der Waals surface area (Å²) in [7, 11) is -2.02. The number of amides is 2. The van der Waals surface area contributed by atoms with Crippen LogP contribution < -0.4 is 4.43 Å². The first-order valence-electron chi connectivity index (χ1n) is 14.6. The van der Waals surface area contributed by atoms with Crippen molar-refractivity contribution in [3.63, 3.8) is 0 Å². The van der Waals surface area contributed by atoms with Crippen molar-refractivity contribution < 1.29 is 19.1 Å². The lowest BCUT2D eigenvalue weighted by atomic mass is 10.1. The fraction of sp³-hybridized carbons (Fsp3) is 0.294. The van der Waals surface area contributed by atoms with Crippen LogP contribution in [0.15, 0.2) is 73.1 Å². The van der Waals surface area contributed by atoms with Crippen molar-refractivity contribution in [3.05, 3.63) is 117 Å². The Hall–Kier alpha value is -3.92. The second-order valence-corrected chi connectivity index (χ2v) is 18.3. The van der Waals surface area contributed by atoms with E-state index in [0.717, 1.165) is 28.0 Å². The maximum absolute atomic E-state index is 13.0. The normalized spacial score (nSPS) is 14.2. The Bertz CT molecular complexity index is 1720. The summed E-state index contributed by atoms with van der Waals surface area (Å²) in [5.74, 6) is 0.627. The van der Waals surface area contributed by atoms with Crippen LogP contribution >= 0.6 is 23.2 Å². The highest BCUT2D eigenvalue weighted by molar-refractivity contribution is 6.74. The summed E-state index contributed by atoms with van der Waals surface area (Å²) in [6.07, 6.45) is 3.37. The van der Waals surface area contributed by atoms with E-state index in [2.05, 4.69) is 43.8 Å². The van der Waals surface area contributed by atoms with E-state index < -0.39 is 8.32 Å². The molecule has 8 nitrogen and oxygen atoms in total. The van der Waals surface area contributed by atoms with E-state index in [1.807, 2.05) is 41.3 Å². The number of phenolic OH excluding ortho intramolecular Hbond substituents is 1. The molecule has 4 aromatic rings. The number of aromatic hydroxyl groups is 1. The zero-order valence-electron chi connectivity index (χ0n) is 26.0. The molecule has 6 rings (SSSR count). The third-order valence-electron chi connectivity index (χ3n) is 8.46. The maximum atomic E-state index is 13.0. The molecule has 0 unspecified atom stereocenters. The van der Waals surface area contributed by atoms with E-state index in [9.17, 15) is 14.7 Å². The van der Waals surface area contributed by atoms with Gasteiger partial charge in [-0.15, -0.1) is 0 Å². The minimum Gasteiger partial charge on any atom is -0.543 e. The van der Waals surface area contributed by atoms with Gasteiger partial charge in [-0.25, -0.2) is 9.97 Å². The van der Waals surface area contributed by atoms with E-state index in [1.54, 1.807) is 35.5 Å². The Labute approximate surface area is 274 Å². The zero-order valence-corrected chi connectivity index (χ0v) is 28.5. The lowest BCUT2D eigenvalue weighted by Crippen LogP contribution is -2.44. The topological polar surface area (TPSA) is 95.9 Å². The van der Waals surface area contributed by atoms with Crippen LogP contribution in [0.5, 0.6) is 11.5 Å². The summed E-state index contributed by atoms with van der Waals surface area (Å²) in [5, 5.41) is 10.7. The van der Waals surface area contributed by atoms with Crippen molar-refractivity contribution in [2.75, 3.05) is 0 Å². The van der Waals surface area contributed by atoms with Crippen LogP contribution in [0.1, 0.15) is 63.7 Å². The van der Waals surface area contributed by atoms with Gasteiger partial charge in [-0.05, 0) is 64.7 Å². The highest BCUT2D eigenvalue weighted by Crippen LogP contribution is 2.40. The predicted molar refractivity (Wildman–Crippen MR) is 178 cm³/mol. The van der Waals surface area contributed by atoms with Gasteiger partial charge in [0.15, 0.2) is 0 Å². The molecule has 234 valence electrons. The van der Waals surface area contributed by atoms with Gasteiger partial charge in [-0.3, -0.25) is 9.59 Å². The van der Waals surface area contributed by atoms with Crippen LogP contribution in [-0.2, 0) is 26.2 Å². The molecule has 0 bridgehead atoms. The van der Waals surface area contributed by atoms with Crippen LogP contribution in [0.25, 0.3) is 0 Å². The van der Waals surface area contributed by atoms with E-state index in [-0.39, 0.29) is 22.6 Å². The molecule has 0 atom stereocenters. The highest BCUT2D eigenvalue weighted by Gasteiger charge is 2.41. The summed E-state index contributed by atoms with van der Waals surface area (Å²) in [6.45, 7) is 13.1. The van der Waals surface area contributed by atoms with Crippen LogP contribution in [0, 0.1) is 0 Å². The molecular formula is C34H36Cl2N4O4Si. The van der Waals surface area contributed by atoms with E-state index >= 15 is 0 Å². The average molecular weight is 664 g/mol. The summed E-state index contributed by atoms with van der Waals surface area (Å²) >= 11 is 11.6. The summed E-state index contributed by atoms with van der Waals surface area (Å²) in [6, 6.07) is 18.2. The third kappa shape index (κ3) is 7.16. The fourth-order valence-electron chi connectivity index (χ4n) is 5.00. The van der Waals surface area contributed by atoms with Crippen molar-refractivity contribution in [1.29, 1.82) is 0 Å². The molecule has 0 spiro atoms. The number of hydrogen-bond acceptors (Lipinski definition) is 6. The molecule has 1 N–H and O–H groups in total. The van der Waals surface area contributed by atoms with Gasteiger partial charge >= 0.3 is 0 Å². The van der Waals surface area contributed by atoms with Crippen molar-refractivity contribution in [1.82, 2.24) is 19.8 Å². The second-order valence-electron chi connectivity index (χ2n) is 12.8. The molecular weight excluding hydrogens is 627 g/mol. The number of fused-ring (bicyclic) bond motifs is 2. The van der Waals surface area contributed by atoms with Crippen LogP contribution in [0.3, 0.4) is 0 Å². The van der Waals surface area contributed by atoms with Crippen LogP contribution in [-0.4, -0.2) is 45.0 Å². The van der Waals surface area contributed by atoms with Crippen molar-refractivity contribution in [2.45, 2.75) is 65.1 Å². The molecule has 2 amide bonds. The molecule has 45 heavy (non-hydrogen) atoms. The van der Waals surface area contributed by atoms with Gasteiger partial charge in [0.05, 0.1) is 11.1 Å². The first kappa shape index (κ1) is 32.5. The summed E-state index contributed by atoms with van der Waals surface area (Å²) < 4.78 is 6.46. The van der Waals surface area contributed by atoms with Gasteiger partial charge in [0.1, 0.15) is 21.8 Å². The number of rotatable bonds is 6. The number of phenols is 1. The van der Waals surface area contributed by atoms with Gasteiger partial charge in [0.2, 0.25) is 0 Å². The monoisotopic (exact) mass is 662 g/mol. The Balaban J connectivity index is 0.000000186. The summed E-state index contributed by atoms with van der Waals surface area (Å²) in [4.78, 5) is 36.8. The van der Waals surface area contributed by atoms with Gasteiger partial charge < -0.3 is 19.3 Å². The number of carbonyl (C=O) groups excluding carboxylic acids is 2. The van der Waals surface area contributed by atoms with Gasteiger partial charge in [0.25, 0.3) is 20.1 Å². The third-order valence-corrected chi connectivity index (χ3v) is 13.3. The maximum Gasteiger partial charge on any atom is 0.258 e. The van der Waals surface area contributed by atoms with Crippen molar-refractivity contribution >= 4 is 43.3 Å². The highest BCUT2D eigenvalue weighted by atomic mass is 35.5. The Morgan fingerprint density at radius 1 is 0.778 bits per heavy atom. The minimum atomic E-state index is -2.02. The molecule has 2 aromatic heterocycles. The predicted octanol–water partition coefficient (Wildman–Crippen LogP) is 7.87. The quantitative estimate of drug-likeness (QED) is 0.167. The number of benzene rings is 2. The first-order chi connectivity index (χ1) is 21.2. The lowest BCUT2D eigenvalue weighted by molar-refractivity contribution is 0.0757. The Morgan fingerprint density at radius 2 is 1.27 bits per heavy atom. The molecule has 2 aliphatic heterocycles. The van der Waals surface area contributed by atoms with Crippen LogP contribution in [0.2, 0.25) is 28.4 Å². The molecule has 2 aromatic carbocycles. The van der Waals surface area contributed by atoms with Crippen molar-refractivity contribution in [3.8, 4) is 11.5 Å². The smallest absolute Gasteiger partial charge is 0.258 e. The first-order valence-corrected chi connectivity index (χ1v) is 18.3. The number of halogens is 2. The Kier molecular flexibility index (Phi) is 9.25. The molecule has 0 radical (unpaired) electrons. The number of nitrogens with zero attached hydrogens (tertiary/aromatic N) is 4. The summed E-state index contributed by atoms with van der Waals surface area (Å²) in [5.41, 5.74) is 4.86. The SMILES string of the molecule is CC(C)(C)[Si](C)(C)Oc1cccc2c1C(=O)N(Cc1ccc(Cl)nc1)C2.O=C1c2c(O)cccc2CN1Cc1ccc(Cl)nc1. The number of pyridine rings is 2. The fourth-order valence-corrected chi connectivity index (χ4v) is 6.25. The minimum absolute atomic E-state index is 0.0178.